The Morgan fingerprint density at radius 2 is 1.71 bits per heavy atom. The Kier molecular flexibility index (Phi) is 6.30. The van der Waals surface area contributed by atoms with Crippen LogP contribution in [0, 0.1) is 0 Å². The third kappa shape index (κ3) is 5.76. The van der Waals surface area contributed by atoms with Gasteiger partial charge in [-0.15, -0.1) is 25.6 Å². The predicted octanol–water partition coefficient (Wildman–Crippen LogP) is 2.36. The molecule has 0 aromatic heterocycles. The van der Waals surface area contributed by atoms with Crippen LogP contribution in [0.5, 0.6) is 5.75 Å². The van der Waals surface area contributed by atoms with Gasteiger partial charge >= 0.3 is 6.36 Å². The van der Waals surface area contributed by atoms with E-state index in [-0.39, 0.29) is 24.2 Å². The summed E-state index contributed by atoms with van der Waals surface area (Å²) in [4.78, 5) is 0. The van der Waals surface area contributed by atoms with Crippen LogP contribution >= 0.6 is 12.4 Å². The van der Waals surface area contributed by atoms with Crippen molar-refractivity contribution in [3.63, 3.8) is 0 Å². The minimum atomic E-state index is -4.67. The highest BCUT2D eigenvalue weighted by Gasteiger charge is 2.30. The van der Waals surface area contributed by atoms with Crippen LogP contribution in [-0.2, 0) is 0 Å². The molecule has 0 aliphatic rings. The van der Waals surface area contributed by atoms with E-state index in [4.69, 9.17) is 11.5 Å². The first-order valence-electron chi connectivity index (χ1n) is 4.74. The topological polar surface area (TPSA) is 61.3 Å². The van der Waals surface area contributed by atoms with Crippen LogP contribution < -0.4 is 16.2 Å². The molecule has 0 saturated carbocycles. The lowest BCUT2D eigenvalue weighted by Gasteiger charge is -2.12. The molecule has 0 aliphatic heterocycles. The fourth-order valence-corrected chi connectivity index (χ4v) is 1.26. The van der Waals surface area contributed by atoms with Crippen molar-refractivity contribution in [2.75, 3.05) is 6.54 Å². The first kappa shape index (κ1) is 16.0. The van der Waals surface area contributed by atoms with E-state index in [0.29, 0.717) is 13.0 Å². The van der Waals surface area contributed by atoms with Gasteiger partial charge in [0.05, 0.1) is 0 Å². The molecule has 7 heteroatoms. The van der Waals surface area contributed by atoms with Crippen LogP contribution in [0.1, 0.15) is 18.0 Å². The van der Waals surface area contributed by atoms with E-state index >= 15 is 0 Å². The van der Waals surface area contributed by atoms with Gasteiger partial charge in [0.25, 0.3) is 0 Å². The van der Waals surface area contributed by atoms with E-state index < -0.39 is 6.36 Å². The summed E-state index contributed by atoms with van der Waals surface area (Å²) in [5.74, 6) is -0.254. The van der Waals surface area contributed by atoms with Gasteiger partial charge in [0.1, 0.15) is 5.75 Å². The second-order valence-corrected chi connectivity index (χ2v) is 3.30. The van der Waals surface area contributed by atoms with Crippen LogP contribution in [0.2, 0.25) is 0 Å². The standard InChI is InChI=1S/C10H13F3N2O.ClH/c11-10(12,13)16-8-3-1-7(2-4-8)9(15)5-6-14;/h1-4,9H,5-6,14-15H2;1H/t9-;/m1./s1. The molecule has 0 aliphatic carbocycles. The molecule has 1 rings (SSSR count). The molecule has 0 radical (unpaired) electrons. The number of nitrogens with two attached hydrogens (primary N) is 2. The van der Waals surface area contributed by atoms with Crippen molar-refractivity contribution in [2.24, 2.45) is 11.5 Å². The number of benzene rings is 1. The number of halogens is 4. The molecule has 1 aromatic carbocycles. The van der Waals surface area contributed by atoms with Crippen molar-refractivity contribution in [3.8, 4) is 5.75 Å². The van der Waals surface area contributed by atoms with Crippen LogP contribution in [-0.4, -0.2) is 12.9 Å². The quantitative estimate of drug-likeness (QED) is 0.883. The maximum atomic E-state index is 11.9. The van der Waals surface area contributed by atoms with E-state index in [0.717, 1.165) is 5.56 Å². The van der Waals surface area contributed by atoms with Gasteiger partial charge in [0, 0.05) is 6.04 Å². The summed E-state index contributed by atoms with van der Waals surface area (Å²) >= 11 is 0. The van der Waals surface area contributed by atoms with Crippen molar-refractivity contribution in [1.29, 1.82) is 0 Å². The number of hydrogen-bond donors (Lipinski definition) is 2. The van der Waals surface area contributed by atoms with Crippen molar-refractivity contribution >= 4 is 12.4 Å². The second-order valence-electron chi connectivity index (χ2n) is 3.30. The molecule has 0 fully saturated rings. The summed E-state index contributed by atoms with van der Waals surface area (Å²) in [6.07, 6.45) is -4.08. The Hall–Kier alpha value is -0.980. The van der Waals surface area contributed by atoms with Gasteiger partial charge in [-0.1, -0.05) is 12.1 Å². The first-order valence-corrected chi connectivity index (χ1v) is 4.74. The van der Waals surface area contributed by atoms with Crippen LogP contribution in [0.4, 0.5) is 13.2 Å². The number of alkyl halides is 3. The number of hydrogen-bond acceptors (Lipinski definition) is 3. The molecule has 0 unspecified atom stereocenters. The SMILES string of the molecule is Cl.NCC[C@@H](N)c1ccc(OC(F)(F)F)cc1. The molecule has 0 bridgehead atoms. The van der Waals surface area contributed by atoms with E-state index in [9.17, 15) is 13.2 Å². The molecule has 17 heavy (non-hydrogen) atoms. The first-order chi connectivity index (χ1) is 7.42. The summed E-state index contributed by atoms with van der Waals surface area (Å²) in [5, 5.41) is 0. The second kappa shape index (κ2) is 6.68. The van der Waals surface area contributed by atoms with Crippen molar-refractivity contribution < 1.29 is 17.9 Å². The Morgan fingerprint density at radius 1 is 1.18 bits per heavy atom. The predicted molar refractivity (Wildman–Crippen MR) is 61.0 cm³/mol. The van der Waals surface area contributed by atoms with Gasteiger partial charge in [-0.2, -0.15) is 0 Å². The largest absolute Gasteiger partial charge is 0.573 e. The van der Waals surface area contributed by atoms with E-state index in [1.807, 2.05) is 0 Å². The summed E-state index contributed by atoms with van der Waals surface area (Å²) in [5.41, 5.74) is 11.8. The fraction of sp³-hybridized carbons (Fsp3) is 0.400. The minimum Gasteiger partial charge on any atom is -0.406 e. The summed E-state index contributed by atoms with van der Waals surface area (Å²) in [6.45, 7) is 0.433. The van der Waals surface area contributed by atoms with Crippen LogP contribution in [0.25, 0.3) is 0 Å². The van der Waals surface area contributed by atoms with E-state index in [1.54, 1.807) is 0 Å². The summed E-state index contributed by atoms with van der Waals surface area (Å²) in [6, 6.07) is 5.21. The Bertz CT molecular complexity index is 329. The summed E-state index contributed by atoms with van der Waals surface area (Å²) in [7, 11) is 0. The minimum absolute atomic E-state index is 0. The maximum absolute atomic E-state index is 11.9. The zero-order valence-electron chi connectivity index (χ0n) is 8.91. The average Bonchev–Trinajstić information content (AvgIpc) is 2.16. The fourth-order valence-electron chi connectivity index (χ4n) is 1.26. The molecule has 0 saturated heterocycles. The Labute approximate surface area is 103 Å². The molecule has 1 aromatic rings. The molecule has 4 N–H and O–H groups in total. The lowest BCUT2D eigenvalue weighted by molar-refractivity contribution is -0.274. The lowest BCUT2D eigenvalue weighted by atomic mass is 10.1. The molecule has 0 spiro atoms. The van der Waals surface area contributed by atoms with E-state index in [2.05, 4.69) is 4.74 Å². The maximum Gasteiger partial charge on any atom is 0.573 e. The molecule has 0 heterocycles. The van der Waals surface area contributed by atoms with Gasteiger partial charge in [-0.25, -0.2) is 0 Å². The Balaban J connectivity index is 0.00000256. The zero-order valence-corrected chi connectivity index (χ0v) is 9.72. The lowest BCUT2D eigenvalue weighted by Crippen LogP contribution is -2.17. The smallest absolute Gasteiger partial charge is 0.406 e. The number of rotatable bonds is 4. The van der Waals surface area contributed by atoms with Gasteiger partial charge in [-0.3, -0.25) is 0 Å². The van der Waals surface area contributed by atoms with Gasteiger partial charge < -0.3 is 16.2 Å². The monoisotopic (exact) mass is 270 g/mol. The molecule has 1 atom stereocenters. The van der Waals surface area contributed by atoms with Gasteiger partial charge in [0.15, 0.2) is 0 Å². The average molecular weight is 271 g/mol. The highest BCUT2D eigenvalue weighted by Crippen LogP contribution is 2.24. The van der Waals surface area contributed by atoms with Crippen molar-refractivity contribution in [3.05, 3.63) is 29.8 Å². The highest BCUT2D eigenvalue weighted by molar-refractivity contribution is 5.85. The van der Waals surface area contributed by atoms with E-state index in [1.165, 1.54) is 24.3 Å². The van der Waals surface area contributed by atoms with Gasteiger partial charge in [-0.05, 0) is 30.7 Å². The van der Waals surface area contributed by atoms with Crippen molar-refractivity contribution in [2.45, 2.75) is 18.8 Å². The molecular formula is C10H14ClF3N2O. The normalized spacial score (nSPS) is 12.8. The number of ether oxygens (including phenoxy) is 1. The molecule has 0 amide bonds. The van der Waals surface area contributed by atoms with Crippen molar-refractivity contribution in [1.82, 2.24) is 0 Å². The Morgan fingerprint density at radius 3 is 2.12 bits per heavy atom. The molecule has 98 valence electrons. The third-order valence-electron chi connectivity index (χ3n) is 2.02. The molecule has 3 nitrogen and oxygen atoms in total. The van der Waals surface area contributed by atoms with Gasteiger partial charge in [0.2, 0.25) is 0 Å². The van der Waals surface area contributed by atoms with Crippen LogP contribution in [0.15, 0.2) is 24.3 Å². The summed E-state index contributed by atoms with van der Waals surface area (Å²) < 4.78 is 39.3. The zero-order chi connectivity index (χ0) is 12.2. The third-order valence-corrected chi connectivity index (χ3v) is 2.02. The van der Waals surface area contributed by atoms with Crippen LogP contribution in [0.3, 0.4) is 0 Å². The highest BCUT2D eigenvalue weighted by atomic mass is 35.5. The molecular weight excluding hydrogens is 257 g/mol.